The number of aryl methyl sites for hydroxylation is 1. The number of aromatic nitrogens is 3. The van der Waals surface area contributed by atoms with Gasteiger partial charge < -0.3 is 4.98 Å². The van der Waals surface area contributed by atoms with Crippen LogP contribution in [0.1, 0.15) is 30.9 Å². The number of hydrogen-bond donors (Lipinski definition) is 1. The molecule has 0 saturated carbocycles. The topological polar surface area (TPSA) is 41.6 Å². The van der Waals surface area contributed by atoms with Crippen LogP contribution in [0, 0.1) is 6.92 Å². The van der Waals surface area contributed by atoms with Crippen molar-refractivity contribution in [1.82, 2.24) is 15.0 Å². The first-order valence-corrected chi connectivity index (χ1v) is 6.57. The normalized spacial score (nSPS) is 11.4. The van der Waals surface area contributed by atoms with Gasteiger partial charge in [0.1, 0.15) is 5.82 Å². The molecule has 3 heteroatoms. The van der Waals surface area contributed by atoms with Crippen molar-refractivity contribution in [3.8, 4) is 11.4 Å². The molecule has 0 aliphatic heterocycles. The Hall–Kier alpha value is -2.16. The molecule has 2 heterocycles. The van der Waals surface area contributed by atoms with E-state index in [4.69, 9.17) is 0 Å². The molecule has 0 saturated heterocycles. The number of rotatable bonds is 2. The van der Waals surface area contributed by atoms with E-state index in [1.165, 1.54) is 11.1 Å². The van der Waals surface area contributed by atoms with E-state index in [9.17, 15) is 0 Å². The molecule has 1 aromatic carbocycles. The van der Waals surface area contributed by atoms with Crippen LogP contribution in [0.25, 0.3) is 22.6 Å². The minimum atomic E-state index is 0.550. The lowest BCUT2D eigenvalue weighted by molar-refractivity contribution is 0.867. The fraction of sp³-hybridized carbons (Fsp3) is 0.250. The highest BCUT2D eigenvalue weighted by Crippen LogP contribution is 2.23. The van der Waals surface area contributed by atoms with E-state index >= 15 is 0 Å². The number of aromatic amines is 1. The van der Waals surface area contributed by atoms with E-state index in [1.54, 1.807) is 6.20 Å². The molecule has 0 unspecified atom stereocenters. The van der Waals surface area contributed by atoms with Crippen LogP contribution in [0.3, 0.4) is 0 Å². The smallest absolute Gasteiger partial charge is 0.178 e. The zero-order valence-corrected chi connectivity index (χ0v) is 11.4. The highest BCUT2D eigenvalue weighted by atomic mass is 15.0. The monoisotopic (exact) mass is 251 g/mol. The molecule has 19 heavy (non-hydrogen) atoms. The summed E-state index contributed by atoms with van der Waals surface area (Å²) in [6.07, 6.45) is 1.80. The van der Waals surface area contributed by atoms with Gasteiger partial charge in [-0.3, -0.25) is 0 Å². The quantitative estimate of drug-likeness (QED) is 0.746. The van der Waals surface area contributed by atoms with Crippen molar-refractivity contribution in [2.24, 2.45) is 0 Å². The van der Waals surface area contributed by atoms with E-state index in [2.05, 4.69) is 60.0 Å². The molecule has 3 rings (SSSR count). The Balaban J connectivity index is 2.06. The van der Waals surface area contributed by atoms with Crippen LogP contribution in [-0.4, -0.2) is 15.0 Å². The van der Waals surface area contributed by atoms with Crippen LogP contribution in [0.5, 0.6) is 0 Å². The average molecular weight is 251 g/mol. The second-order valence-corrected chi connectivity index (χ2v) is 5.19. The van der Waals surface area contributed by atoms with Crippen molar-refractivity contribution < 1.29 is 0 Å². The number of nitrogens with one attached hydrogen (secondary N) is 1. The molecule has 2 aromatic heterocycles. The van der Waals surface area contributed by atoms with Gasteiger partial charge in [-0.05, 0) is 30.0 Å². The molecule has 0 fully saturated rings. The first-order valence-electron chi connectivity index (χ1n) is 6.57. The molecule has 96 valence electrons. The average Bonchev–Trinajstić information content (AvgIpc) is 2.84. The van der Waals surface area contributed by atoms with Crippen LogP contribution in [-0.2, 0) is 0 Å². The van der Waals surface area contributed by atoms with Gasteiger partial charge in [-0.25, -0.2) is 9.97 Å². The third-order valence-electron chi connectivity index (χ3n) is 3.45. The van der Waals surface area contributed by atoms with Gasteiger partial charge in [-0.1, -0.05) is 38.1 Å². The van der Waals surface area contributed by atoms with Gasteiger partial charge in [-0.2, -0.15) is 0 Å². The molecule has 0 bridgehead atoms. The Labute approximate surface area is 112 Å². The van der Waals surface area contributed by atoms with Crippen LogP contribution < -0.4 is 0 Å². The minimum Gasteiger partial charge on any atom is -0.336 e. The fourth-order valence-electron chi connectivity index (χ4n) is 2.20. The van der Waals surface area contributed by atoms with Gasteiger partial charge in [0.25, 0.3) is 0 Å². The lowest BCUT2D eigenvalue weighted by Crippen LogP contribution is -1.87. The fourth-order valence-corrected chi connectivity index (χ4v) is 2.20. The molecular formula is C16H17N3. The number of imidazole rings is 1. The third-order valence-corrected chi connectivity index (χ3v) is 3.45. The molecule has 0 radical (unpaired) electrons. The van der Waals surface area contributed by atoms with Crippen molar-refractivity contribution in [3.05, 3.63) is 47.7 Å². The maximum atomic E-state index is 4.55. The summed E-state index contributed by atoms with van der Waals surface area (Å²) >= 11 is 0. The van der Waals surface area contributed by atoms with E-state index in [-0.39, 0.29) is 0 Å². The summed E-state index contributed by atoms with van der Waals surface area (Å²) in [5, 5.41) is 0. The predicted molar refractivity (Wildman–Crippen MR) is 78.2 cm³/mol. The summed E-state index contributed by atoms with van der Waals surface area (Å²) in [5.41, 5.74) is 5.41. The Morgan fingerprint density at radius 3 is 2.42 bits per heavy atom. The maximum absolute atomic E-state index is 4.55. The summed E-state index contributed by atoms with van der Waals surface area (Å²) in [6, 6.07) is 10.5. The van der Waals surface area contributed by atoms with Crippen LogP contribution >= 0.6 is 0 Å². The van der Waals surface area contributed by atoms with Gasteiger partial charge in [0.05, 0.1) is 5.52 Å². The van der Waals surface area contributed by atoms with Gasteiger partial charge >= 0.3 is 0 Å². The second-order valence-electron chi connectivity index (χ2n) is 5.19. The highest BCUT2D eigenvalue weighted by Gasteiger charge is 2.08. The number of fused-ring (bicyclic) bond motifs is 1. The lowest BCUT2D eigenvalue weighted by atomic mass is 10.0. The summed E-state index contributed by atoms with van der Waals surface area (Å²) in [7, 11) is 0. The van der Waals surface area contributed by atoms with Crippen molar-refractivity contribution in [2.45, 2.75) is 26.7 Å². The van der Waals surface area contributed by atoms with Gasteiger partial charge in [0, 0.05) is 11.8 Å². The molecular weight excluding hydrogens is 234 g/mol. The number of benzene rings is 1. The maximum Gasteiger partial charge on any atom is 0.178 e. The highest BCUT2D eigenvalue weighted by molar-refractivity contribution is 5.78. The summed E-state index contributed by atoms with van der Waals surface area (Å²) in [6.45, 7) is 6.46. The second kappa shape index (κ2) is 4.50. The van der Waals surface area contributed by atoms with Crippen molar-refractivity contribution in [3.63, 3.8) is 0 Å². The van der Waals surface area contributed by atoms with Crippen molar-refractivity contribution in [1.29, 1.82) is 0 Å². The molecule has 0 atom stereocenters. The van der Waals surface area contributed by atoms with E-state index < -0.39 is 0 Å². The predicted octanol–water partition coefficient (Wildman–Crippen LogP) is 4.06. The zero-order valence-electron chi connectivity index (χ0n) is 11.4. The Kier molecular flexibility index (Phi) is 2.82. The summed E-state index contributed by atoms with van der Waals surface area (Å²) < 4.78 is 0. The van der Waals surface area contributed by atoms with Crippen LogP contribution in [0.2, 0.25) is 0 Å². The summed E-state index contributed by atoms with van der Waals surface area (Å²) in [4.78, 5) is 12.2. The molecule has 3 nitrogen and oxygen atoms in total. The molecule has 0 aliphatic rings. The van der Waals surface area contributed by atoms with Crippen molar-refractivity contribution in [2.75, 3.05) is 0 Å². The standard InChI is InChI=1S/C16H17N3/c1-10(2)12-4-6-13(7-5-12)15-18-14-11(3)8-9-17-16(14)19-15/h4-10H,1-3H3,(H,17,18,19). The first kappa shape index (κ1) is 11.9. The number of hydrogen-bond acceptors (Lipinski definition) is 2. The van der Waals surface area contributed by atoms with Gasteiger partial charge in [0.2, 0.25) is 0 Å². The molecule has 1 N–H and O–H groups in total. The van der Waals surface area contributed by atoms with E-state index in [0.29, 0.717) is 5.92 Å². The van der Waals surface area contributed by atoms with E-state index in [1.807, 2.05) is 6.07 Å². The van der Waals surface area contributed by atoms with E-state index in [0.717, 1.165) is 22.6 Å². The Bertz CT molecular complexity index is 708. The first-order chi connectivity index (χ1) is 9.15. The third kappa shape index (κ3) is 2.12. The molecule has 0 spiro atoms. The van der Waals surface area contributed by atoms with Gasteiger partial charge in [0.15, 0.2) is 5.65 Å². The van der Waals surface area contributed by atoms with Crippen molar-refractivity contribution >= 4 is 11.2 Å². The van der Waals surface area contributed by atoms with Crippen LogP contribution in [0.4, 0.5) is 0 Å². The number of H-pyrrole nitrogens is 1. The molecule has 0 aliphatic carbocycles. The minimum absolute atomic E-state index is 0.550. The van der Waals surface area contributed by atoms with Crippen LogP contribution in [0.15, 0.2) is 36.5 Å². The Morgan fingerprint density at radius 2 is 1.79 bits per heavy atom. The summed E-state index contributed by atoms with van der Waals surface area (Å²) in [5.74, 6) is 1.43. The number of nitrogens with zero attached hydrogens (tertiary/aromatic N) is 2. The molecule has 3 aromatic rings. The lowest BCUT2D eigenvalue weighted by Gasteiger charge is -2.05. The Morgan fingerprint density at radius 1 is 1.05 bits per heavy atom. The number of pyridine rings is 1. The molecule has 0 amide bonds. The zero-order chi connectivity index (χ0) is 13.4. The SMILES string of the molecule is Cc1ccnc2nc(-c3ccc(C(C)C)cc3)[nH]c12. The largest absolute Gasteiger partial charge is 0.336 e. The van der Waals surface area contributed by atoms with Gasteiger partial charge in [-0.15, -0.1) is 0 Å².